The molecule has 5 rings (SSSR count). The summed E-state index contributed by atoms with van der Waals surface area (Å²) >= 11 is 0. The lowest BCUT2D eigenvalue weighted by molar-refractivity contribution is -0.134. The molecule has 2 N–H and O–H groups in total. The Labute approximate surface area is 179 Å². The number of nitrogens with one attached hydrogen (secondary N) is 2. The fourth-order valence-electron chi connectivity index (χ4n) is 4.60. The van der Waals surface area contributed by atoms with Crippen molar-refractivity contribution in [2.24, 2.45) is 0 Å². The number of aryl methyl sites for hydroxylation is 2. The fraction of sp³-hybridized carbons (Fsp3) is 0.304. The first-order valence-electron chi connectivity index (χ1n) is 10.3. The lowest BCUT2D eigenvalue weighted by Gasteiger charge is -2.30. The van der Waals surface area contributed by atoms with Crippen LogP contribution in [0.25, 0.3) is 0 Å². The van der Waals surface area contributed by atoms with Crippen LogP contribution in [0.1, 0.15) is 30.0 Å². The highest BCUT2D eigenvalue weighted by molar-refractivity contribution is 6.14. The molecule has 3 aliphatic rings. The number of fused-ring (bicyclic) bond motifs is 2. The number of nitrogens with zero attached hydrogens (tertiary/aromatic N) is 2. The minimum Gasteiger partial charge on any atom is -0.323 e. The zero-order valence-electron chi connectivity index (χ0n) is 17.1. The molecule has 31 heavy (non-hydrogen) atoms. The average molecular weight is 418 g/mol. The number of benzene rings is 2. The van der Waals surface area contributed by atoms with E-state index in [0.29, 0.717) is 16.9 Å². The summed E-state index contributed by atoms with van der Waals surface area (Å²) in [6.45, 7) is 1.06. The van der Waals surface area contributed by atoms with Gasteiger partial charge in [-0.05, 0) is 55.0 Å². The van der Waals surface area contributed by atoms with Gasteiger partial charge in [0, 0.05) is 0 Å². The number of imide groups is 1. The van der Waals surface area contributed by atoms with Crippen molar-refractivity contribution in [1.29, 1.82) is 0 Å². The molecular weight excluding hydrogens is 396 g/mol. The van der Waals surface area contributed by atoms with E-state index in [1.54, 1.807) is 31.2 Å². The van der Waals surface area contributed by atoms with Gasteiger partial charge >= 0.3 is 6.03 Å². The minimum atomic E-state index is -1.23. The number of hydrogen-bond donors (Lipinski definition) is 2. The monoisotopic (exact) mass is 418 g/mol. The van der Waals surface area contributed by atoms with Crippen molar-refractivity contribution in [1.82, 2.24) is 10.2 Å². The van der Waals surface area contributed by atoms with Gasteiger partial charge in [-0.2, -0.15) is 0 Å². The van der Waals surface area contributed by atoms with Crippen LogP contribution in [0.2, 0.25) is 0 Å². The van der Waals surface area contributed by atoms with E-state index >= 15 is 0 Å². The van der Waals surface area contributed by atoms with Gasteiger partial charge in [0.1, 0.15) is 18.6 Å². The van der Waals surface area contributed by atoms with Gasteiger partial charge in [-0.3, -0.25) is 24.2 Å². The lowest BCUT2D eigenvalue weighted by atomic mass is 9.89. The van der Waals surface area contributed by atoms with Crippen molar-refractivity contribution in [2.45, 2.75) is 31.7 Å². The Hall–Kier alpha value is -3.68. The summed E-state index contributed by atoms with van der Waals surface area (Å²) < 4.78 is 0. The molecule has 0 spiro atoms. The SMILES string of the molecule is C[C@@]1(c2ccc3c(c2)CCC3)NC(=O)N(CC(=O)N2CC(=O)Nc3ccccc32)C1=O. The van der Waals surface area contributed by atoms with Crippen LogP contribution in [0.4, 0.5) is 16.2 Å². The second-order valence-corrected chi connectivity index (χ2v) is 8.33. The molecule has 2 aromatic carbocycles. The van der Waals surface area contributed by atoms with E-state index in [2.05, 4.69) is 10.6 Å². The van der Waals surface area contributed by atoms with Crippen LogP contribution in [0.15, 0.2) is 42.5 Å². The van der Waals surface area contributed by atoms with Crippen molar-refractivity contribution >= 4 is 35.1 Å². The molecule has 2 heterocycles. The first-order chi connectivity index (χ1) is 14.9. The zero-order valence-corrected chi connectivity index (χ0v) is 17.1. The molecule has 1 atom stereocenters. The maximum Gasteiger partial charge on any atom is 0.325 e. The summed E-state index contributed by atoms with van der Waals surface area (Å²) in [5, 5.41) is 5.48. The maximum atomic E-state index is 13.3. The Morgan fingerprint density at radius 3 is 2.68 bits per heavy atom. The van der Waals surface area contributed by atoms with E-state index in [1.165, 1.54) is 16.0 Å². The van der Waals surface area contributed by atoms with E-state index < -0.39 is 29.9 Å². The van der Waals surface area contributed by atoms with Gasteiger partial charge in [0.15, 0.2) is 0 Å². The van der Waals surface area contributed by atoms with Crippen molar-refractivity contribution in [3.63, 3.8) is 0 Å². The van der Waals surface area contributed by atoms with Gasteiger partial charge < -0.3 is 10.6 Å². The number of rotatable bonds is 3. The molecular formula is C23H22N4O4. The van der Waals surface area contributed by atoms with Gasteiger partial charge in [0.25, 0.3) is 5.91 Å². The van der Waals surface area contributed by atoms with Gasteiger partial charge in [0.2, 0.25) is 11.8 Å². The summed E-state index contributed by atoms with van der Waals surface area (Å²) in [6, 6.07) is 12.2. The van der Waals surface area contributed by atoms with Crippen LogP contribution in [-0.4, -0.2) is 41.7 Å². The van der Waals surface area contributed by atoms with Crippen LogP contribution in [0, 0.1) is 0 Å². The number of anilines is 2. The zero-order chi connectivity index (χ0) is 21.8. The molecule has 5 amide bonds. The van der Waals surface area contributed by atoms with Crippen molar-refractivity contribution in [2.75, 3.05) is 23.3 Å². The molecule has 8 heteroatoms. The van der Waals surface area contributed by atoms with E-state index in [4.69, 9.17) is 0 Å². The van der Waals surface area contributed by atoms with E-state index in [9.17, 15) is 19.2 Å². The van der Waals surface area contributed by atoms with Crippen molar-refractivity contribution in [3.8, 4) is 0 Å². The van der Waals surface area contributed by atoms with Crippen LogP contribution in [0.3, 0.4) is 0 Å². The van der Waals surface area contributed by atoms with E-state index in [0.717, 1.165) is 24.2 Å². The molecule has 2 aliphatic heterocycles. The highest BCUT2D eigenvalue weighted by Gasteiger charge is 2.50. The first kappa shape index (κ1) is 19.3. The van der Waals surface area contributed by atoms with Crippen LogP contribution in [0.5, 0.6) is 0 Å². The van der Waals surface area contributed by atoms with E-state index in [-0.39, 0.29) is 12.5 Å². The molecule has 0 aromatic heterocycles. The maximum absolute atomic E-state index is 13.3. The van der Waals surface area contributed by atoms with Crippen molar-refractivity contribution in [3.05, 3.63) is 59.2 Å². The largest absolute Gasteiger partial charge is 0.325 e. The number of hydrogen-bond acceptors (Lipinski definition) is 4. The average Bonchev–Trinajstić information content (AvgIpc) is 3.31. The number of carbonyl (C=O) groups excluding carboxylic acids is 4. The van der Waals surface area contributed by atoms with Gasteiger partial charge in [-0.1, -0.05) is 30.3 Å². The molecule has 0 unspecified atom stereocenters. The molecule has 8 nitrogen and oxygen atoms in total. The van der Waals surface area contributed by atoms with Crippen LogP contribution in [-0.2, 0) is 32.8 Å². The van der Waals surface area contributed by atoms with Gasteiger partial charge in [-0.25, -0.2) is 4.79 Å². The number of amides is 5. The lowest BCUT2D eigenvalue weighted by Crippen LogP contribution is -2.48. The third-order valence-electron chi connectivity index (χ3n) is 6.32. The quantitative estimate of drug-likeness (QED) is 0.744. The number of carbonyl (C=O) groups is 4. The molecule has 2 aromatic rings. The highest BCUT2D eigenvalue weighted by Crippen LogP contribution is 2.33. The Balaban J connectivity index is 1.39. The summed E-state index contributed by atoms with van der Waals surface area (Å²) in [4.78, 5) is 53.2. The summed E-state index contributed by atoms with van der Waals surface area (Å²) in [7, 11) is 0. The summed E-state index contributed by atoms with van der Waals surface area (Å²) in [5.74, 6) is -1.30. The summed E-state index contributed by atoms with van der Waals surface area (Å²) in [6.07, 6.45) is 3.07. The second kappa shape index (κ2) is 6.94. The summed E-state index contributed by atoms with van der Waals surface area (Å²) in [5.41, 5.74) is 3.02. The Morgan fingerprint density at radius 2 is 1.84 bits per heavy atom. The minimum absolute atomic E-state index is 0.165. The smallest absolute Gasteiger partial charge is 0.323 e. The predicted molar refractivity (Wildman–Crippen MR) is 113 cm³/mol. The third-order valence-corrected chi connectivity index (χ3v) is 6.32. The molecule has 1 saturated heterocycles. The van der Waals surface area contributed by atoms with Crippen molar-refractivity contribution < 1.29 is 19.2 Å². The standard InChI is InChI=1S/C23H22N4O4/c1-23(16-10-9-14-5-4-6-15(14)11-16)21(30)27(22(31)25-23)13-20(29)26-12-19(28)24-17-7-2-3-8-18(17)26/h2-3,7-11H,4-6,12-13H2,1H3,(H,24,28)(H,25,31)/t23-/m0/s1. The van der Waals surface area contributed by atoms with Crippen LogP contribution < -0.4 is 15.5 Å². The highest BCUT2D eigenvalue weighted by atomic mass is 16.2. The second-order valence-electron chi connectivity index (χ2n) is 8.33. The topological polar surface area (TPSA) is 98.8 Å². The molecule has 158 valence electrons. The Morgan fingerprint density at radius 1 is 1.06 bits per heavy atom. The Bertz CT molecular complexity index is 1140. The molecule has 1 aliphatic carbocycles. The normalized spacial score (nSPS) is 22.2. The third kappa shape index (κ3) is 3.06. The predicted octanol–water partition coefficient (Wildman–Crippen LogP) is 1.93. The van der Waals surface area contributed by atoms with Gasteiger partial charge in [-0.15, -0.1) is 0 Å². The van der Waals surface area contributed by atoms with E-state index in [1.807, 2.05) is 18.2 Å². The first-order valence-corrected chi connectivity index (χ1v) is 10.3. The van der Waals surface area contributed by atoms with Gasteiger partial charge in [0.05, 0.1) is 11.4 Å². The molecule has 0 saturated carbocycles. The number of urea groups is 1. The molecule has 1 fully saturated rings. The molecule has 0 bridgehead atoms. The Kier molecular flexibility index (Phi) is 4.32. The molecule has 0 radical (unpaired) electrons. The van der Waals surface area contributed by atoms with Crippen LogP contribution >= 0.6 is 0 Å². The fourth-order valence-corrected chi connectivity index (χ4v) is 4.60. The number of para-hydroxylation sites is 2.